The van der Waals surface area contributed by atoms with Crippen molar-refractivity contribution in [3.63, 3.8) is 0 Å². The first kappa shape index (κ1) is 15.2. The summed E-state index contributed by atoms with van der Waals surface area (Å²) in [6.45, 7) is 6.86. The largest absolute Gasteiger partial charge is 0.334 e. The maximum Gasteiger partial charge on any atom is 0.262 e. The van der Waals surface area contributed by atoms with Crippen molar-refractivity contribution in [2.45, 2.75) is 45.2 Å². The number of hydrogen-bond donors (Lipinski definition) is 0. The summed E-state index contributed by atoms with van der Waals surface area (Å²) in [7, 11) is -3.59. The zero-order valence-electron chi connectivity index (χ0n) is 12.2. The summed E-state index contributed by atoms with van der Waals surface area (Å²) in [5.74, 6) is 0.660. The van der Waals surface area contributed by atoms with Crippen LogP contribution in [-0.4, -0.2) is 41.1 Å². The van der Waals surface area contributed by atoms with Crippen LogP contribution in [0.15, 0.2) is 11.2 Å². The van der Waals surface area contributed by atoms with Crippen LogP contribution in [0.25, 0.3) is 0 Å². The molecule has 2 heterocycles. The summed E-state index contributed by atoms with van der Waals surface area (Å²) in [4.78, 5) is 15.8. The van der Waals surface area contributed by atoms with Crippen LogP contribution in [0, 0.1) is 12.8 Å². The van der Waals surface area contributed by atoms with Crippen LogP contribution < -0.4 is 0 Å². The number of Topliss-reactive ketones (excluding diaryl/α,β-unsaturated/α-hetero) is 1. The van der Waals surface area contributed by atoms with Crippen LogP contribution in [0.4, 0.5) is 0 Å². The third-order valence-corrected chi connectivity index (χ3v) is 5.62. The van der Waals surface area contributed by atoms with Gasteiger partial charge in [-0.1, -0.05) is 6.92 Å². The number of hydrogen-bond acceptors (Lipinski definition) is 4. The highest BCUT2D eigenvalue weighted by Gasteiger charge is 2.35. The van der Waals surface area contributed by atoms with Gasteiger partial charge < -0.3 is 4.57 Å². The van der Waals surface area contributed by atoms with Crippen LogP contribution in [0.1, 0.15) is 32.5 Å². The minimum absolute atomic E-state index is 0.0843. The molecular weight excluding hydrogens is 278 g/mol. The van der Waals surface area contributed by atoms with Crippen molar-refractivity contribution in [1.29, 1.82) is 0 Å². The molecule has 20 heavy (non-hydrogen) atoms. The standard InChI is InChI=1S/C13H21N3O3S/c1-4-11-8-16(7-6-12(11)17)20(18,19)13-9-15(5-2)10(3)14-13/h9,11H,4-8H2,1-3H3. The van der Waals surface area contributed by atoms with E-state index in [1.165, 1.54) is 4.31 Å². The Morgan fingerprint density at radius 1 is 1.40 bits per heavy atom. The Kier molecular flexibility index (Phi) is 4.29. The molecule has 0 spiro atoms. The molecule has 6 nitrogen and oxygen atoms in total. The lowest BCUT2D eigenvalue weighted by Crippen LogP contribution is -2.43. The van der Waals surface area contributed by atoms with Gasteiger partial charge in [0.25, 0.3) is 10.0 Å². The van der Waals surface area contributed by atoms with Gasteiger partial charge in [-0.05, 0) is 20.3 Å². The number of rotatable bonds is 4. The van der Waals surface area contributed by atoms with E-state index in [9.17, 15) is 13.2 Å². The topological polar surface area (TPSA) is 72.3 Å². The number of imidazole rings is 1. The van der Waals surface area contributed by atoms with E-state index in [1.54, 1.807) is 17.7 Å². The van der Waals surface area contributed by atoms with Crippen LogP contribution in [0.3, 0.4) is 0 Å². The second kappa shape index (κ2) is 5.65. The number of piperidine rings is 1. The SMILES string of the molecule is CCC1CN(S(=O)(=O)c2cn(CC)c(C)n2)CCC1=O. The summed E-state index contributed by atoms with van der Waals surface area (Å²) in [6.07, 6.45) is 2.54. The first-order valence-corrected chi connectivity index (χ1v) is 8.40. The second-order valence-corrected chi connectivity index (χ2v) is 6.98. The fraction of sp³-hybridized carbons (Fsp3) is 0.692. The second-order valence-electron chi connectivity index (χ2n) is 5.10. The molecule has 1 fully saturated rings. The van der Waals surface area contributed by atoms with Crippen molar-refractivity contribution < 1.29 is 13.2 Å². The normalized spacial score (nSPS) is 21.4. The molecule has 7 heteroatoms. The molecule has 0 aromatic carbocycles. The fourth-order valence-electron chi connectivity index (χ4n) is 2.51. The quantitative estimate of drug-likeness (QED) is 0.837. The Morgan fingerprint density at radius 3 is 2.65 bits per heavy atom. The van der Waals surface area contributed by atoms with E-state index in [2.05, 4.69) is 4.98 Å². The molecule has 0 radical (unpaired) electrons. The number of ketones is 1. The van der Waals surface area contributed by atoms with Gasteiger partial charge in [-0.15, -0.1) is 0 Å². The monoisotopic (exact) mass is 299 g/mol. The lowest BCUT2D eigenvalue weighted by molar-refractivity contribution is -0.125. The zero-order chi connectivity index (χ0) is 14.9. The molecule has 112 valence electrons. The van der Waals surface area contributed by atoms with E-state index in [0.29, 0.717) is 25.2 Å². The third-order valence-electron chi connectivity index (χ3n) is 3.88. The maximum atomic E-state index is 12.6. The van der Waals surface area contributed by atoms with Crippen LogP contribution in [0.5, 0.6) is 0 Å². The van der Waals surface area contributed by atoms with Gasteiger partial charge in [0.15, 0.2) is 5.03 Å². The Labute approximate surface area is 119 Å². The van der Waals surface area contributed by atoms with Crippen molar-refractivity contribution in [1.82, 2.24) is 13.9 Å². The third kappa shape index (κ3) is 2.64. The van der Waals surface area contributed by atoms with Crippen molar-refractivity contribution in [2.24, 2.45) is 5.92 Å². The first-order valence-electron chi connectivity index (χ1n) is 6.96. The molecule has 0 saturated carbocycles. The summed E-state index contributed by atoms with van der Waals surface area (Å²) in [6, 6.07) is 0. The molecule has 1 unspecified atom stereocenters. The Balaban J connectivity index is 2.28. The number of nitrogens with zero attached hydrogens (tertiary/aromatic N) is 3. The van der Waals surface area contributed by atoms with Crippen molar-refractivity contribution in [3.8, 4) is 0 Å². The average Bonchev–Trinajstić information content (AvgIpc) is 2.81. The smallest absolute Gasteiger partial charge is 0.262 e. The van der Waals surface area contributed by atoms with Crippen molar-refractivity contribution in [2.75, 3.05) is 13.1 Å². The van der Waals surface area contributed by atoms with E-state index in [4.69, 9.17) is 0 Å². The number of carbonyl (C=O) groups excluding carboxylic acids is 1. The van der Waals surface area contributed by atoms with Gasteiger partial charge in [0, 0.05) is 38.2 Å². The van der Waals surface area contributed by atoms with Gasteiger partial charge in [0.05, 0.1) is 0 Å². The molecule has 1 aromatic heterocycles. The number of carbonyl (C=O) groups is 1. The first-order chi connectivity index (χ1) is 9.40. The van der Waals surface area contributed by atoms with Gasteiger partial charge >= 0.3 is 0 Å². The van der Waals surface area contributed by atoms with Gasteiger partial charge in [-0.3, -0.25) is 4.79 Å². The van der Waals surface area contributed by atoms with Gasteiger partial charge in [0.1, 0.15) is 11.6 Å². The van der Waals surface area contributed by atoms with Crippen LogP contribution in [-0.2, 0) is 21.4 Å². The molecule has 0 amide bonds. The Hall–Kier alpha value is -1.21. The molecule has 0 bridgehead atoms. The van der Waals surface area contributed by atoms with Crippen LogP contribution >= 0.6 is 0 Å². The lowest BCUT2D eigenvalue weighted by atomic mass is 9.96. The van der Waals surface area contributed by atoms with Gasteiger partial charge in [-0.2, -0.15) is 4.31 Å². The molecule has 2 rings (SSSR count). The minimum Gasteiger partial charge on any atom is -0.334 e. The van der Waals surface area contributed by atoms with E-state index in [0.717, 1.165) is 0 Å². The highest BCUT2D eigenvalue weighted by Crippen LogP contribution is 2.23. The Morgan fingerprint density at radius 2 is 2.10 bits per heavy atom. The van der Waals surface area contributed by atoms with E-state index >= 15 is 0 Å². The average molecular weight is 299 g/mol. The molecule has 1 aliphatic rings. The summed E-state index contributed by atoms with van der Waals surface area (Å²) in [5, 5.41) is 0.0843. The maximum absolute atomic E-state index is 12.6. The van der Waals surface area contributed by atoms with E-state index < -0.39 is 10.0 Å². The van der Waals surface area contributed by atoms with Gasteiger partial charge in [-0.25, -0.2) is 13.4 Å². The molecule has 1 aliphatic heterocycles. The molecule has 1 atom stereocenters. The van der Waals surface area contributed by atoms with Crippen molar-refractivity contribution >= 4 is 15.8 Å². The number of sulfonamides is 1. The van der Waals surface area contributed by atoms with E-state index in [1.807, 2.05) is 13.8 Å². The molecule has 0 N–H and O–H groups in total. The fourth-order valence-corrected chi connectivity index (χ4v) is 3.99. The molecule has 0 aliphatic carbocycles. The molecule has 1 saturated heterocycles. The number of aromatic nitrogens is 2. The highest BCUT2D eigenvalue weighted by atomic mass is 32.2. The predicted octanol–water partition coefficient (Wildman–Crippen LogP) is 1.20. The van der Waals surface area contributed by atoms with Gasteiger partial charge in [0.2, 0.25) is 0 Å². The van der Waals surface area contributed by atoms with Crippen LogP contribution in [0.2, 0.25) is 0 Å². The zero-order valence-corrected chi connectivity index (χ0v) is 13.0. The van der Waals surface area contributed by atoms with E-state index in [-0.39, 0.29) is 29.8 Å². The van der Waals surface area contributed by atoms with Crippen molar-refractivity contribution in [3.05, 3.63) is 12.0 Å². The summed E-state index contributed by atoms with van der Waals surface area (Å²) in [5.41, 5.74) is 0. The Bertz CT molecular complexity index is 606. The lowest BCUT2D eigenvalue weighted by Gasteiger charge is -2.29. The molecule has 1 aromatic rings. The molecular formula is C13H21N3O3S. The highest BCUT2D eigenvalue weighted by molar-refractivity contribution is 7.89. The minimum atomic E-state index is -3.59. The summed E-state index contributed by atoms with van der Waals surface area (Å²) >= 11 is 0. The number of aryl methyl sites for hydroxylation is 2. The predicted molar refractivity (Wildman–Crippen MR) is 74.8 cm³/mol. The summed E-state index contributed by atoms with van der Waals surface area (Å²) < 4.78 is 28.3.